The fourth-order valence-corrected chi connectivity index (χ4v) is 5.27. The summed E-state index contributed by atoms with van der Waals surface area (Å²) in [4.78, 5) is 20.7. The number of amidine groups is 1. The van der Waals surface area contributed by atoms with Gasteiger partial charge in [0.1, 0.15) is 12.4 Å². The predicted molar refractivity (Wildman–Crippen MR) is 151 cm³/mol. The van der Waals surface area contributed by atoms with Crippen LogP contribution in [0.25, 0.3) is 16.8 Å². The van der Waals surface area contributed by atoms with E-state index in [4.69, 9.17) is 9.73 Å². The SMILES string of the molecule is CCN1C(=O)/C(=C\c2c(OCc3ccccc3)ccc3ccccc23)SC1=Nc1cc(C)ccc1C. The molecule has 4 nitrogen and oxygen atoms in total. The highest BCUT2D eigenvalue weighted by atomic mass is 32.2. The van der Waals surface area contributed by atoms with Crippen LogP contribution >= 0.6 is 11.8 Å². The molecule has 0 N–H and O–H groups in total. The Kier molecular flexibility index (Phi) is 6.92. The molecule has 0 saturated carbocycles. The van der Waals surface area contributed by atoms with Gasteiger partial charge in [0, 0.05) is 12.1 Å². The summed E-state index contributed by atoms with van der Waals surface area (Å²) in [5.74, 6) is 0.718. The number of carbonyl (C=O) groups is 1. The van der Waals surface area contributed by atoms with Crippen molar-refractivity contribution >= 4 is 45.4 Å². The summed E-state index contributed by atoms with van der Waals surface area (Å²) in [7, 11) is 0. The third kappa shape index (κ3) is 4.93. The molecule has 1 fully saturated rings. The normalized spacial score (nSPS) is 15.9. The summed E-state index contributed by atoms with van der Waals surface area (Å²) in [5, 5.41) is 2.85. The number of amides is 1. The lowest BCUT2D eigenvalue weighted by Crippen LogP contribution is -2.28. The highest BCUT2D eigenvalue weighted by molar-refractivity contribution is 8.18. The Bertz CT molecular complexity index is 1490. The van der Waals surface area contributed by atoms with Gasteiger partial charge < -0.3 is 4.74 Å². The van der Waals surface area contributed by atoms with E-state index in [-0.39, 0.29) is 5.91 Å². The van der Waals surface area contributed by atoms with E-state index >= 15 is 0 Å². The van der Waals surface area contributed by atoms with Crippen molar-refractivity contribution in [1.29, 1.82) is 0 Å². The summed E-state index contributed by atoms with van der Waals surface area (Å²) in [6.07, 6.45) is 1.96. The van der Waals surface area contributed by atoms with Crippen LogP contribution in [0.5, 0.6) is 5.75 Å². The van der Waals surface area contributed by atoms with Crippen LogP contribution in [0.15, 0.2) is 94.8 Å². The molecule has 0 unspecified atom stereocenters. The van der Waals surface area contributed by atoms with Crippen LogP contribution in [0, 0.1) is 13.8 Å². The van der Waals surface area contributed by atoms with E-state index in [2.05, 4.69) is 43.3 Å². The summed E-state index contributed by atoms with van der Waals surface area (Å²) < 4.78 is 6.27. The zero-order chi connectivity index (χ0) is 25.1. The lowest BCUT2D eigenvalue weighted by atomic mass is 10.0. The van der Waals surface area contributed by atoms with Gasteiger partial charge in [-0.2, -0.15) is 0 Å². The zero-order valence-electron chi connectivity index (χ0n) is 20.7. The second-order valence-electron chi connectivity index (χ2n) is 8.82. The maximum Gasteiger partial charge on any atom is 0.266 e. The molecular formula is C31H28N2O2S. The summed E-state index contributed by atoms with van der Waals surface area (Å²) >= 11 is 1.42. The first kappa shape index (κ1) is 23.9. The number of thioether (sulfide) groups is 1. The molecule has 5 rings (SSSR count). The first-order chi connectivity index (χ1) is 17.5. The molecule has 0 bridgehead atoms. The number of fused-ring (bicyclic) bond motifs is 1. The third-order valence-electron chi connectivity index (χ3n) is 6.23. The van der Waals surface area contributed by atoms with Crippen LogP contribution in [0.1, 0.15) is 29.2 Å². The minimum Gasteiger partial charge on any atom is -0.488 e. The van der Waals surface area contributed by atoms with Crippen molar-refractivity contribution in [2.75, 3.05) is 6.54 Å². The van der Waals surface area contributed by atoms with Crippen LogP contribution in [0.3, 0.4) is 0 Å². The number of likely N-dealkylation sites (N-methyl/N-ethyl adjacent to an activating group) is 1. The quantitative estimate of drug-likeness (QED) is 0.260. The van der Waals surface area contributed by atoms with Crippen molar-refractivity contribution in [3.63, 3.8) is 0 Å². The fourth-order valence-electron chi connectivity index (χ4n) is 4.23. The van der Waals surface area contributed by atoms with Crippen LogP contribution in [-0.2, 0) is 11.4 Å². The van der Waals surface area contributed by atoms with E-state index in [1.807, 2.05) is 68.5 Å². The van der Waals surface area contributed by atoms with Gasteiger partial charge in [0.15, 0.2) is 5.17 Å². The lowest BCUT2D eigenvalue weighted by Gasteiger charge is -2.13. The second-order valence-corrected chi connectivity index (χ2v) is 9.83. The molecule has 4 aromatic rings. The summed E-state index contributed by atoms with van der Waals surface area (Å²) in [5.41, 5.74) is 5.12. The Morgan fingerprint density at radius 3 is 2.53 bits per heavy atom. The van der Waals surface area contributed by atoms with E-state index in [0.717, 1.165) is 44.5 Å². The molecule has 0 aliphatic carbocycles. The number of carbonyl (C=O) groups excluding carboxylic acids is 1. The van der Waals surface area contributed by atoms with Crippen LogP contribution in [0.4, 0.5) is 5.69 Å². The average molecular weight is 493 g/mol. The van der Waals surface area contributed by atoms with E-state index in [1.165, 1.54) is 11.8 Å². The number of aliphatic imine (C=N–C) groups is 1. The van der Waals surface area contributed by atoms with Gasteiger partial charge in [-0.15, -0.1) is 0 Å². The Balaban J connectivity index is 1.55. The molecule has 0 radical (unpaired) electrons. The number of nitrogens with zero attached hydrogens (tertiary/aromatic N) is 2. The topological polar surface area (TPSA) is 41.9 Å². The van der Waals surface area contributed by atoms with Crippen LogP contribution < -0.4 is 4.74 Å². The second kappa shape index (κ2) is 10.4. The summed E-state index contributed by atoms with van der Waals surface area (Å²) in [6.45, 7) is 7.08. The van der Waals surface area contributed by atoms with Gasteiger partial charge in [-0.1, -0.05) is 72.8 Å². The highest BCUT2D eigenvalue weighted by Crippen LogP contribution is 2.38. The maximum atomic E-state index is 13.4. The first-order valence-electron chi connectivity index (χ1n) is 12.1. The van der Waals surface area contributed by atoms with Crippen molar-refractivity contribution in [2.45, 2.75) is 27.4 Å². The molecular weight excluding hydrogens is 464 g/mol. The van der Waals surface area contributed by atoms with Crippen molar-refractivity contribution in [2.24, 2.45) is 4.99 Å². The van der Waals surface area contributed by atoms with Gasteiger partial charge in [-0.3, -0.25) is 9.69 Å². The monoisotopic (exact) mass is 492 g/mol. The molecule has 1 saturated heterocycles. The molecule has 1 aliphatic rings. The van der Waals surface area contributed by atoms with Gasteiger partial charge in [0.2, 0.25) is 0 Å². The Morgan fingerprint density at radius 1 is 0.944 bits per heavy atom. The number of benzene rings is 4. The molecule has 36 heavy (non-hydrogen) atoms. The summed E-state index contributed by atoms with van der Waals surface area (Å²) in [6, 6.07) is 28.5. The highest BCUT2D eigenvalue weighted by Gasteiger charge is 2.32. The van der Waals surface area contributed by atoms with E-state index in [0.29, 0.717) is 23.2 Å². The first-order valence-corrected chi connectivity index (χ1v) is 12.9. The fraction of sp³-hybridized carbons (Fsp3) is 0.161. The minimum atomic E-state index is -0.0338. The molecule has 180 valence electrons. The van der Waals surface area contributed by atoms with Crippen molar-refractivity contribution in [1.82, 2.24) is 4.90 Å². The number of hydrogen-bond donors (Lipinski definition) is 0. The molecule has 0 atom stereocenters. The molecule has 1 aliphatic heterocycles. The molecule has 1 heterocycles. The van der Waals surface area contributed by atoms with Crippen molar-refractivity contribution in [3.05, 3.63) is 112 Å². The molecule has 0 aromatic heterocycles. The molecule has 4 aromatic carbocycles. The van der Waals surface area contributed by atoms with E-state index in [1.54, 1.807) is 4.90 Å². The van der Waals surface area contributed by atoms with Crippen LogP contribution in [0.2, 0.25) is 0 Å². The van der Waals surface area contributed by atoms with Gasteiger partial charge in [0.05, 0.1) is 10.6 Å². The average Bonchev–Trinajstić information content (AvgIpc) is 3.19. The predicted octanol–water partition coefficient (Wildman–Crippen LogP) is 7.66. The zero-order valence-corrected chi connectivity index (χ0v) is 21.5. The number of aryl methyl sites for hydroxylation is 2. The Morgan fingerprint density at radius 2 is 1.72 bits per heavy atom. The van der Waals surface area contributed by atoms with Crippen molar-refractivity contribution in [3.8, 4) is 5.75 Å². The number of ether oxygens (including phenoxy) is 1. The largest absolute Gasteiger partial charge is 0.488 e. The third-order valence-corrected chi connectivity index (χ3v) is 7.23. The van der Waals surface area contributed by atoms with Crippen molar-refractivity contribution < 1.29 is 9.53 Å². The van der Waals surface area contributed by atoms with Gasteiger partial charge in [-0.25, -0.2) is 4.99 Å². The van der Waals surface area contributed by atoms with E-state index in [9.17, 15) is 4.79 Å². The van der Waals surface area contributed by atoms with Gasteiger partial charge in [0.25, 0.3) is 5.91 Å². The maximum absolute atomic E-state index is 13.4. The van der Waals surface area contributed by atoms with Crippen LogP contribution in [-0.4, -0.2) is 22.5 Å². The number of hydrogen-bond acceptors (Lipinski definition) is 4. The Labute approximate surface area is 216 Å². The smallest absolute Gasteiger partial charge is 0.266 e. The lowest BCUT2D eigenvalue weighted by molar-refractivity contribution is -0.122. The molecule has 0 spiro atoms. The molecule has 1 amide bonds. The van der Waals surface area contributed by atoms with Gasteiger partial charge in [-0.05, 0) is 78.2 Å². The molecule has 5 heteroatoms. The minimum absolute atomic E-state index is 0.0338. The standard InChI is InChI=1S/C31H28N2O2S/c1-4-33-30(34)29(36-31(33)32-27-18-21(2)14-15-22(27)3)19-26-25-13-9-8-12-24(25)16-17-28(26)35-20-23-10-6-5-7-11-23/h5-19H,4,20H2,1-3H3/b29-19+,32-31?. The van der Waals surface area contributed by atoms with E-state index < -0.39 is 0 Å². The number of rotatable bonds is 6. The van der Waals surface area contributed by atoms with Gasteiger partial charge >= 0.3 is 0 Å². The Hall–Kier alpha value is -3.83.